The monoisotopic (exact) mass is 298 g/mol. The number of hydrogen-bond donors (Lipinski definition) is 3. The molecule has 0 spiro atoms. The molecule has 0 aliphatic heterocycles. The van der Waals surface area contributed by atoms with Gasteiger partial charge in [0.05, 0.1) is 5.54 Å². The lowest BCUT2D eigenvalue weighted by Crippen LogP contribution is -2.48. The molecule has 0 amide bonds. The van der Waals surface area contributed by atoms with E-state index >= 15 is 0 Å². The number of rotatable bonds is 4. The molecule has 1 aromatic rings. The number of aromatic nitrogens is 1. The van der Waals surface area contributed by atoms with Crippen LogP contribution in [0.15, 0.2) is 23.2 Å². The Morgan fingerprint density at radius 3 is 2.50 bits per heavy atom. The van der Waals surface area contributed by atoms with Crippen LogP contribution in [-0.2, 0) is 10.0 Å². The number of nitrogens with two attached hydrogens (primary N) is 2. The van der Waals surface area contributed by atoms with Crippen LogP contribution in [0.4, 0.5) is 5.82 Å². The molecule has 2 rings (SSSR count). The molecule has 7 heteroatoms. The number of hydrogen-bond acceptors (Lipinski definition) is 5. The lowest BCUT2D eigenvalue weighted by atomic mass is 9.77. The van der Waals surface area contributed by atoms with E-state index in [9.17, 15) is 8.42 Å². The number of pyridine rings is 1. The molecule has 1 aliphatic rings. The predicted molar refractivity (Wildman–Crippen MR) is 78.7 cm³/mol. The Labute approximate surface area is 120 Å². The van der Waals surface area contributed by atoms with E-state index in [1.165, 1.54) is 12.3 Å². The zero-order valence-electron chi connectivity index (χ0n) is 11.7. The van der Waals surface area contributed by atoms with E-state index in [0.717, 1.165) is 31.6 Å². The highest BCUT2D eigenvalue weighted by atomic mass is 32.2. The van der Waals surface area contributed by atoms with Crippen LogP contribution < -0.4 is 16.2 Å². The summed E-state index contributed by atoms with van der Waals surface area (Å²) in [6.07, 6.45) is 5.55. The summed E-state index contributed by atoms with van der Waals surface area (Å²) in [7, 11) is -3.70. The molecule has 0 atom stereocenters. The van der Waals surface area contributed by atoms with Gasteiger partial charge in [-0.15, -0.1) is 0 Å². The van der Waals surface area contributed by atoms with Crippen molar-refractivity contribution in [3.63, 3.8) is 0 Å². The third-order valence-corrected chi connectivity index (χ3v) is 4.98. The van der Waals surface area contributed by atoms with Crippen LogP contribution in [0.1, 0.15) is 32.6 Å². The standard InChI is InChI=1S/C13H22N4O2S/c1-10-4-6-13(9-14,7-5-10)17-12-3-2-11(8-16-12)20(15,18)19/h2-3,8,10H,4-7,9,14H2,1H3,(H,16,17)(H2,15,18,19). The van der Waals surface area contributed by atoms with Crippen molar-refractivity contribution in [3.05, 3.63) is 18.3 Å². The molecule has 0 aromatic carbocycles. The average molecular weight is 298 g/mol. The Morgan fingerprint density at radius 1 is 1.40 bits per heavy atom. The van der Waals surface area contributed by atoms with Crippen molar-refractivity contribution in [2.45, 2.75) is 43.0 Å². The first-order chi connectivity index (χ1) is 9.35. The molecule has 0 saturated heterocycles. The van der Waals surface area contributed by atoms with Crippen molar-refractivity contribution in [2.75, 3.05) is 11.9 Å². The molecule has 1 aliphatic carbocycles. The topological polar surface area (TPSA) is 111 Å². The molecule has 20 heavy (non-hydrogen) atoms. The van der Waals surface area contributed by atoms with E-state index in [2.05, 4.69) is 17.2 Å². The molecule has 1 aromatic heterocycles. The van der Waals surface area contributed by atoms with Gasteiger partial charge < -0.3 is 11.1 Å². The number of sulfonamides is 1. The molecule has 1 heterocycles. The molecule has 0 unspecified atom stereocenters. The van der Waals surface area contributed by atoms with E-state index in [4.69, 9.17) is 10.9 Å². The van der Waals surface area contributed by atoms with Crippen molar-refractivity contribution in [3.8, 4) is 0 Å². The second-order valence-corrected chi connectivity index (χ2v) is 7.28. The second kappa shape index (κ2) is 5.67. The molecule has 5 N–H and O–H groups in total. The van der Waals surface area contributed by atoms with Crippen LogP contribution in [0.25, 0.3) is 0 Å². The summed E-state index contributed by atoms with van der Waals surface area (Å²) < 4.78 is 22.4. The van der Waals surface area contributed by atoms with E-state index in [-0.39, 0.29) is 10.4 Å². The van der Waals surface area contributed by atoms with Gasteiger partial charge in [0.2, 0.25) is 10.0 Å². The van der Waals surface area contributed by atoms with E-state index in [1.807, 2.05) is 0 Å². The van der Waals surface area contributed by atoms with E-state index in [1.54, 1.807) is 6.07 Å². The highest BCUT2D eigenvalue weighted by Crippen LogP contribution is 2.33. The van der Waals surface area contributed by atoms with Gasteiger partial charge in [0.1, 0.15) is 10.7 Å². The summed E-state index contributed by atoms with van der Waals surface area (Å²) in [5, 5.41) is 8.42. The van der Waals surface area contributed by atoms with Gasteiger partial charge in [-0.1, -0.05) is 6.92 Å². The Bertz CT molecular complexity index is 548. The summed E-state index contributed by atoms with van der Waals surface area (Å²) in [5.74, 6) is 1.37. The third kappa shape index (κ3) is 3.47. The maximum Gasteiger partial charge on any atom is 0.239 e. The molecular formula is C13H22N4O2S. The van der Waals surface area contributed by atoms with Gasteiger partial charge in [0.15, 0.2) is 0 Å². The number of anilines is 1. The summed E-state index contributed by atoms with van der Waals surface area (Å²) in [5.41, 5.74) is 5.79. The smallest absolute Gasteiger partial charge is 0.239 e. The number of nitrogens with one attached hydrogen (secondary N) is 1. The van der Waals surface area contributed by atoms with Crippen molar-refractivity contribution in [1.29, 1.82) is 0 Å². The summed E-state index contributed by atoms with van der Waals surface area (Å²) in [6.45, 7) is 2.79. The van der Waals surface area contributed by atoms with Gasteiger partial charge in [0, 0.05) is 12.7 Å². The fourth-order valence-corrected chi connectivity index (χ4v) is 3.05. The highest BCUT2D eigenvalue weighted by molar-refractivity contribution is 7.89. The first-order valence-corrected chi connectivity index (χ1v) is 8.36. The summed E-state index contributed by atoms with van der Waals surface area (Å²) >= 11 is 0. The maximum atomic E-state index is 11.2. The van der Waals surface area contributed by atoms with Crippen molar-refractivity contribution < 1.29 is 8.42 Å². The predicted octanol–water partition coefficient (Wildman–Crippen LogP) is 1.05. The molecular weight excluding hydrogens is 276 g/mol. The van der Waals surface area contributed by atoms with Crippen LogP contribution in [0.2, 0.25) is 0 Å². The van der Waals surface area contributed by atoms with E-state index in [0.29, 0.717) is 12.4 Å². The van der Waals surface area contributed by atoms with Gasteiger partial charge in [-0.05, 0) is 43.7 Å². The fraction of sp³-hybridized carbons (Fsp3) is 0.615. The van der Waals surface area contributed by atoms with Gasteiger partial charge in [0.25, 0.3) is 0 Å². The van der Waals surface area contributed by atoms with Crippen LogP contribution >= 0.6 is 0 Å². The largest absolute Gasteiger partial charge is 0.363 e. The van der Waals surface area contributed by atoms with Crippen molar-refractivity contribution in [1.82, 2.24) is 4.98 Å². The molecule has 6 nitrogen and oxygen atoms in total. The van der Waals surface area contributed by atoms with Gasteiger partial charge in [-0.2, -0.15) is 0 Å². The number of nitrogens with zero attached hydrogens (tertiary/aromatic N) is 1. The zero-order valence-corrected chi connectivity index (χ0v) is 12.5. The molecule has 1 fully saturated rings. The average Bonchev–Trinajstić information content (AvgIpc) is 2.41. The highest BCUT2D eigenvalue weighted by Gasteiger charge is 2.33. The maximum absolute atomic E-state index is 11.2. The second-order valence-electron chi connectivity index (χ2n) is 5.72. The SMILES string of the molecule is CC1CCC(CN)(Nc2ccc(S(N)(=O)=O)cn2)CC1. The molecule has 112 valence electrons. The van der Waals surface area contributed by atoms with Gasteiger partial charge >= 0.3 is 0 Å². The van der Waals surface area contributed by atoms with Crippen LogP contribution in [-0.4, -0.2) is 25.5 Å². The van der Waals surface area contributed by atoms with Crippen molar-refractivity contribution >= 4 is 15.8 Å². The van der Waals surface area contributed by atoms with Crippen molar-refractivity contribution in [2.24, 2.45) is 16.8 Å². The minimum atomic E-state index is -3.70. The minimum absolute atomic E-state index is 0.0158. The molecule has 0 bridgehead atoms. The van der Waals surface area contributed by atoms with E-state index < -0.39 is 10.0 Å². The Hall–Kier alpha value is -1.18. The zero-order chi connectivity index (χ0) is 14.8. The Balaban J connectivity index is 2.12. The molecule has 1 saturated carbocycles. The van der Waals surface area contributed by atoms with Crippen LogP contribution in [0.3, 0.4) is 0 Å². The summed E-state index contributed by atoms with van der Waals surface area (Å²) in [4.78, 5) is 4.14. The number of primary sulfonamides is 1. The van der Waals surface area contributed by atoms with Crippen LogP contribution in [0, 0.1) is 5.92 Å². The Kier molecular flexibility index (Phi) is 4.31. The third-order valence-electron chi connectivity index (χ3n) is 4.08. The Morgan fingerprint density at radius 2 is 2.05 bits per heavy atom. The summed E-state index contributed by atoms with van der Waals surface area (Å²) in [6, 6.07) is 3.09. The quantitative estimate of drug-likeness (QED) is 0.769. The first-order valence-electron chi connectivity index (χ1n) is 6.82. The fourth-order valence-electron chi connectivity index (χ4n) is 2.59. The molecule has 0 radical (unpaired) electrons. The van der Waals surface area contributed by atoms with Crippen LogP contribution in [0.5, 0.6) is 0 Å². The van der Waals surface area contributed by atoms with Gasteiger partial charge in [-0.25, -0.2) is 18.5 Å². The van der Waals surface area contributed by atoms with Gasteiger partial charge in [-0.3, -0.25) is 0 Å². The lowest BCUT2D eigenvalue weighted by Gasteiger charge is -2.39. The normalized spacial score (nSPS) is 27.2. The first kappa shape index (κ1) is 15.2. The lowest BCUT2D eigenvalue weighted by molar-refractivity contribution is 0.271. The minimum Gasteiger partial charge on any atom is -0.363 e.